The molecule has 0 N–H and O–H groups in total. The number of hydrogen-bond donors (Lipinski definition) is 0. The molecular weight excluding hydrogens is 216 g/mol. The van der Waals surface area contributed by atoms with Gasteiger partial charge in [-0.3, -0.25) is 0 Å². The Hall–Kier alpha value is -0.654. The van der Waals surface area contributed by atoms with Crippen LogP contribution in [-0.4, -0.2) is 21.2 Å². The third-order valence-corrected chi connectivity index (χ3v) is 3.10. The van der Waals surface area contributed by atoms with Crippen molar-refractivity contribution in [2.75, 3.05) is 0 Å². The van der Waals surface area contributed by atoms with E-state index in [0.717, 1.165) is 17.0 Å². The van der Waals surface area contributed by atoms with Gasteiger partial charge in [0.25, 0.3) is 0 Å². The Kier molecular flexibility index (Phi) is 3.65. The van der Waals surface area contributed by atoms with Gasteiger partial charge in [-0.05, 0) is 0 Å². The number of hydrogen-bond acceptors (Lipinski definition) is 1. The quantitative estimate of drug-likeness (QED) is 0.492. The third kappa shape index (κ3) is 3.71. The first-order valence-corrected chi connectivity index (χ1v) is 10.6. The van der Waals surface area contributed by atoms with E-state index < -0.39 is 16.2 Å². The summed E-state index contributed by atoms with van der Waals surface area (Å²) in [6.45, 7) is 4.02. The van der Waals surface area contributed by atoms with Crippen LogP contribution in [0.3, 0.4) is 0 Å². The average Bonchev–Trinajstić information content (AvgIpc) is 1.99. The maximum atomic E-state index is 4.31. The number of aromatic nitrogens is 1. The van der Waals surface area contributed by atoms with Crippen LogP contribution in [0.4, 0.5) is 0 Å². The summed E-state index contributed by atoms with van der Waals surface area (Å²) in [5.41, 5.74) is 7.78. The van der Waals surface area contributed by atoms with Crippen molar-refractivity contribution in [2.24, 2.45) is 0 Å². The summed E-state index contributed by atoms with van der Waals surface area (Å²) in [6, 6.07) is 4.09. The van der Waals surface area contributed by atoms with Gasteiger partial charge in [-0.25, -0.2) is 0 Å². The molecule has 0 spiro atoms. The van der Waals surface area contributed by atoms with Crippen molar-refractivity contribution in [3.63, 3.8) is 0 Å². The van der Waals surface area contributed by atoms with E-state index >= 15 is 0 Å². The van der Waals surface area contributed by atoms with Crippen LogP contribution in [0.1, 0.15) is 17.0 Å². The summed E-state index contributed by atoms with van der Waals surface area (Å²) in [7, 11) is 0. The molecule has 1 aromatic rings. The first-order chi connectivity index (χ1) is 6.08. The second-order valence-electron chi connectivity index (χ2n) is 3.56. The second kappa shape index (κ2) is 4.55. The van der Waals surface area contributed by atoms with E-state index in [-0.39, 0.29) is 0 Å². The molecule has 1 heterocycles. The fraction of sp³-hybridized carbons (Fsp3) is 0.364. The van der Waals surface area contributed by atoms with Crippen LogP contribution in [0.2, 0.25) is 11.0 Å². The summed E-state index contributed by atoms with van der Waals surface area (Å²) in [5.74, 6) is 3.22. The van der Waals surface area contributed by atoms with Gasteiger partial charge in [-0.15, -0.1) is 0 Å². The predicted octanol–water partition coefficient (Wildman–Crippen LogP) is 2.34. The van der Waals surface area contributed by atoms with Crippen molar-refractivity contribution in [3.05, 3.63) is 29.1 Å². The summed E-state index contributed by atoms with van der Waals surface area (Å²) >= 11 is -1.17. The molecule has 0 unspecified atom stereocenters. The second-order valence-corrected chi connectivity index (χ2v) is 9.01. The van der Waals surface area contributed by atoms with Crippen LogP contribution < -0.4 is 0 Å². The molecule has 13 heavy (non-hydrogen) atoms. The normalized spacial score (nSPS) is 8.92. The summed E-state index contributed by atoms with van der Waals surface area (Å²) in [5, 5.41) is 0. The molecule has 2 heteroatoms. The van der Waals surface area contributed by atoms with Crippen molar-refractivity contribution in [1.29, 1.82) is 0 Å². The van der Waals surface area contributed by atoms with Gasteiger partial charge in [0.1, 0.15) is 0 Å². The van der Waals surface area contributed by atoms with E-state index in [2.05, 4.69) is 26.3 Å². The van der Waals surface area contributed by atoms with E-state index in [4.69, 9.17) is 0 Å². The van der Waals surface area contributed by atoms with Crippen LogP contribution in [-0.2, 0) is 0 Å². The van der Waals surface area contributed by atoms with Gasteiger partial charge in [0, 0.05) is 0 Å². The summed E-state index contributed by atoms with van der Waals surface area (Å²) in [6.07, 6.45) is 0. The Balaban J connectivity index is 2.98. The zero-order chi connectivity index (χ0) is 9.84. The molecule has 0 saturated carbocycles. The van der Waals surface area contributed by atoms with Gasteiger partial charge < -0.3 is 0 Å². The predicted molar refractivity (Wildman–Crippen MR) is 58.1 cm³/mol. The zero-order valence-electron chi connectivity index (χ0n) is 8.68. The molecular formula is C11H14GaN. The number of pyridine rings is 1. The van der Waals surface area contributed by atoms with E-state index in [0.29, 0.717) is 0 Å². The van der Waals surface area contributed by atoms with Crippen LogP contribution in [0, 0.1) is 24.2 Å². The topological polar surface area (TPSA) is 12.9 Å². The number of rotatable bonds is 0. The minimum atomic E-state index is -1.17. The first-order valence-electron chi connectivity index (χ1n) is 4.55. The molecule has 0 aliphatic heterocycles. The molecule has 0 aromatic carbocycles. The van der Waals surface area contributed by atoms with Crippen molar-refractivity contribution < 1.29 is 0 Å². The molecule has 0 saturated heterocycles. The molecule has 0 radical (unpaired) electrons. The average molecular weight is 230 g/mol. The molecule has 0 bridgehead atoms. The van der Waals surface area contributed by atoms with Crippen molar-refractivity contribution >= 4 is 16.2 Å². The van der Waals surface area contributed by atoms with Crippen LogP contribution >= 0.6 is 0 Å². The van der Waals surface area contributed by atoms with Gasteiger partial charge >= 0.3 is 85.5 Å². The molecule has 1 nitrogen and oxygen atoms in total. The molecule has 1 aromatic heterocycles. The SMILES string of the molecule is Cc1cc(C#[C][Ga]([CH3])[CH3])cc(C)n1. The summed E-state index contributed by atoms with van der Waals surface area (Å²) in [4.78, 5) is 4.31. The summed E-state index contributed by atoms with van der Waals surface area (Å²) < 4.78 is 3.33. The Morgan fingerprint density at radius 3 is 2.15 bits per heavy atom. The van der Waals surface area contributed by atoms with Gasteiger partial charge in [-0.2, -0.15) is 0 Å². The molecule has 66 valence electrons. The standard InChI is InChI=1S/C9H8N.2CH3.Ga/c1-4-9-5-7(2)10-8(3)6-9;;;/h5-6H,2-3H3;2*1H3;. The van der Waals surface area contributed by atoms with E-state index in [1.54, 1.807) is 0 Å². The molecule has 0 aliphatic carbocycles. The van der Waals surface area contributed by atoms with E-state index in [1.165, 1.54) is 0 Å². The van der Waals surface area contributed by atoms with Crippen LogP contribution in [0.5, 0.6) is 0 Å². The third-order valence-electron chi connectivity index (χ3n) is 1.59. The van der Waals surface area contributed by atoms with Gasteiger partial charge in [0.15, 0.2) is 0 Å². The van der Waals surface area contributed by atoms with Gasteiger partial charge in [0.05, 0.1) is 0 Å². The first kappa shape index (κ1) is 10.4. The molecule has 0 atom stereocenters. The molecule has 0 amide bonds. The number of aryl methyl sites for hydroxylation is 2. The molecule has 0 fully saturated rings. The Bertz CT molecular complexity index is 338. The van der Waals surface area contributed by atoms with Crippen LogP contribution in [0.15, 0.2) is 12.1 Å². The monoisotopic (exact) mass is 229 g/mol. The Morgan fingerprint density at radius 1 is 1.15 bits per heavy atom. The number of nitrogens with zero attached hydrogens (tertiary/aromatic N) is 1. The zero-order valence-corrected chi connectivity index (χ0v) is 11.1. The fourth-order valence-corrected chi connectivity index (χ4v) is 2.09. The fourth-order valence-electron chi connectivity index (χ4n) is 1.13. The van der Waals surface area contributed by atoms with E-state index in [1.807, 2.05) is 26.0 Å². The van der Waals surface area contributed by atoms with Gasteiger partial charge in [0.2, 0.25) is 0 Å². The van der Waals surface area contributed by atoms with Crippen molar-refractivity contribution in [2.45, 2.75) is 24.8 Å². The minimum absolute atomic E-state index is 1.06. The van der Waals surface area contributed by atoms with Crippen LogP contribution in [0.25, 0.3) is 0 Å². The van der Waals surface area contributed by atoms with E-state index in [9.17, 15) is 0 Å². The van der Waals surface area contributed by atoms with Crippen molar-refractivity contribution in [3.8, 4) is 10.4 Å². The van der Waals surface area contributed by atoms with Gasteiger partial charge in [-0.1, -0.05) is 0 Å². The van der Waals surface area contributed by atoms with Crippen molar-refractivity contribution in [1.82, 2.24) is 4.98 Å². The Labute approximate surface area is 85.6 Å². The Morgan fingerprint density at radius 2 is 1.69 bits per heavy atom. The molecule has 1 rings (SSSR count). The maximum absolute atomic E-state index is 4.31. The molecule has 0 aliphatic rings.